The number of halogens is 1. The molecule has 1 unspecified atom stereocenters. The predicted octanol–water partition coefficient (Wildman–Crippen LogP) is 2.17. The van der Waals surface area contributed by atoms with Crippen LogP contribution < -0.4 is 5.32 Å². The number of hydrogen-bond donors (Lipinski definition) is 1. The average molecular weight is 240 g/mol. The van der Waals surface area contributed by atoms with E-state index in [9.17, 15) is 4.79 Å². The number of esters is 1. The Bertz CT molecular complexity index is 427. The number of rotatable bonds is 3. The highest BCUT2D eigenvalue weighted by Crippen LogP contribution is 2.20. The van der Waals surface area contributed by atoms with E-state index in [1.54, 1.807) is 24.3 Å². The van der Waals surface area contributed by atoms with Crippen LogP contribution in [0.25, 0.3) is 0 Å². The van der Waals surface area contributed by atoms with Crippen LogP contribution in [0, 0.1) is 0 Å². The van der Waals surface area contributed by atoms with Gasteiger partial charge < -0.3 is 14.8 Å². The van der Waals surface area contributed by atoms with E-state index in [1.165, 1.54) is 13.2 Å². The van der Waals surface area contributed by atoms with Crippen LogP contribution in [0.15, 0.2) is 36.0 Å². The monoisotopic (exact) mass is 239 g/mol. The Kier molecular flexibility index (Phi) is 3.12. The van der Waals surface area contributed by atoms with Crippen molar-refractivity contribution in [1.82, 2.24) is 0 Å². The first kappa shape index (κ1) is 11.0. The lowest BCUT2D eigenvalue weighted by atomic mass is 10.3. The second kappa shape index (κ2) is 4.55. The molecule has 1 atom stereocenters. The quantitative estimate of drug-likeness (QED) is 0.822. The molecule has 16 heavy (non-hydrogen) atoms. The zero-order valence-corrected chi connectivity index (χ0v) is 9.32. The maximum absolute atomic E-state index is 11.0. The largest absolute Gasteiger partial charge is 0.426 e. The van der Waals surface area contributed by atoms with E-state index < -0.39 is 12.3 Å². The normalized spacial score (nSPS) is 19.2. The van der Waals surface area contributed by atoms with E-state index >= 15 is 0 Å². The minimum atomic E-state index is -0.664. The summed E-state index contributed by atoms with van der Waals surface area (Å²) in [4.78, 5) is 11.0. The van der Waals surface area contributed by atoms with Crippen molar-refractivity contribution in [3.05, 3.63) is 41.1 Å². The second-order valence-corrected chi connectivity index (χ2v) is 3.67. The zero-order chi connectivity index (χ0) is 11.5. The molecule has 0 spiro atoms. The van der Waals surface area contributed by atoms with Gasteiger partial charge in [-0.3, -0.25) is 0 Å². The number of hydrogen-bond acceptors (Lipinski definition) is 4. The number of anilines is 1. The molecule has 84 valence electrons. The predicted molar refractivity (Wildman–Crippen MR) is 60.0 cm³/mol. The van der Waals surface area contributed by atoms with Gasteiger partial charge in [0, 0.05) is 23.9 Å². The second-order valence-electron chi connectivity index (χ2n) is 3.24. The Morgan fingerprint density at radius 3 is 2.69 bits per heavy atom. The molecule has 0 saturated heterocycles. The summed E-state index contributed by atoms with van der Waals surface area (Å²) in [6.07, 6.45) is 0.700. The molecule has 0 amide bonds. The standard InChI is InChI=1S/C11H10ClNO3/c1-15-11-9(6-10(14)16-11)13-8-4-2-7(12)3-5-8/h2-6,11,13H,1H3. The van der Waals surface area contributed by atoms with Crippen LogP contribution in [0.5, 0.6) is 0 Å². The number of carbonyl (C=O) groups excluding carboxylic acids is 1. The van der Waals surface area contributed by atoms with Gasteiger partial charge in [-0.1, -0.05) is 11.6 Å². The van der Waals surface area contributed by atoms with Crippen molar-refractivity contribution in [2.45, 2.75) is 6.29 Å². The molecule has 5 heteroatoms. The summed E-state index contributed by atoms with van der Waals surface area (Å²) in [7, 11) is 1.47. The number of nitrogens with one attached hydrogen (secondary N) is 1. The average Bonchev–Trinajstić information content (AvgIpc) is 2.62. The molecular formula is C11H10ClNO3. The summed E-state index contributed by atoms with van der Waals surface area (Å²) >= 11 is 5.76. The van der Waals surface area contributed by atoms with Gasteiger partial charge in [0.25, 0.3) is 0 Å². The van der Waals surface area contributed by atoms with Crippen molar-refractivity contribution in [3.63, 3.8) is 0 Å². The first-order chi connectivity index (χ1) is 7.69. The molecule has 0 saturated carbocycles. The number of methoxy groups -OCH3 is 1. The summed E-state index contributed by atoms with van der Waals surface area (Å²) in [5, 5.41) is 3.69. The summed E-state index contributed by atoms with van der Waals surface area (Å²) in [6, 6.07) is 7.12. The first-order valence-electron chi connectivity index (χ1n) is 4.66. The maximum atomic E-state index is 11.0. The molecule has 2 rings (SSSR count). The Balaban J connectivity index is 2.12. The van der Waals surface area contributed by atoms with Gasteiger partial charge in [-0.25, -0.2) is 4.79 Å². The first-order valence-corrected chi connectivity index (χ1v) is 5.04. The van der Waals surface area contributed by atoms with Crippen LogP contribution in [0.2, 0.25) is 5.02 Å². The molecule has 1 N–H and O–H groups in total. The van der Waals surface area contributed by atoms with Crippen LogP contribution in [0.1, 0.15) is 0 Å². The zero-order valence-electron chi connectivity index (χ0n) is 8.57. The highest BCUT2D eigenvalue weighted by molar-refractivity contribution is 6.30. The Morgan fingerprint density at radius 2 is 2.06 bits per heavy atom. The molecule has 0 aromatic heterocycles. The number of carbonyl (C=O) groups is 1. The Hall–Kier alpha value is -1.52. The van der Waals surface area contributed by atoms with Crippen LogP contribution in [0.4, 0.5) is 5.69 Å². The molecule has 4 nitrogen and oxygen atoms in total. The van der Waals surface area contributed by atoms with Crippen molar-refractivity contribution in [3.8, 4) is 0 Å². The SMILES string of the molecule is COC1OC(=O)C=C1Nc1ccc(Cl)cc1. The molecule has 1 aliphatic rings. The third-order valence-electron chi connectivity index (χ3n) is 2.10. The van der Waals surface area contributed by atoms with Gasteiger partial charge in [0.15, 0.2) is 0 Å². The van der Waals surface area contributed by atoms with Gasteiger partial charge >= 0.3 is 5.97 Å². The van der Waals surface area contributed by atoms with Crippen LogP contribution in [-0.4, -0.2) is 19.4 Å². The molecule has 0 fully saturated rings. The Labute approximate surface area is 97.8 Å². The summed E-state index contributed by atoms with van der Waals surface area (Å²) < 4.78 is 9.87. The Morgan fingerprint density at radius 1 is 1.38 bits per heavy atom. The lowest BCUT2D eigenvalue weighted by Gasteiger charge is -2.13. The van der Waals surface area contributed by atoms with Crippen molar-refractivity contribution >= 4 is 23.3 Å². The summed E-state index contributed by atoms with van der Waals surface area (Å²) in [5.41, 5.74) is 1.39. The molecule has 1 aliphatic heterocycles. The third kappa shape index (κ3) is 2.35. The summed E-state index contributed by atoms with van der Waals surface area (Å²) in [5.74, 6) is -0.414. The van der Waals surface area contributed by atoms with Crippen LogP contribution >= 0.6 is 11.6 Å². The van der Waals surface area contributed by atoms with Crippen molar-refractivity contribution in [1.29, 1.82) is 0 Å². The van der Waals surface area contributed by atoms with Gasteiger partial charge in [-0.05, 0) is 24.3 Å². The minimum Gasteiger partial charge on any atom is -0.426 e. The minimum absolute atomic E-state index is 0.414. The fourth-order valence-corrected chi connectivity index (χ4v) is 1.49. The topological polar surface area (TPSA) is 47.6 Å². The van der Waals surface area contributed by atoms with Crippen LogP contribution in [-0.2, 0) is 14.3 Å². The molecule has 1 aromatic carbocycles. The lowest BCUT2D eigenvalue weighted by molar-refractivity contribution is -0.155. The summed E-state index contributed by atoms with van der Waals surface area (Å²) in [6.45, 7) is 0. The van der Waals surface area contributed by atoms with Gasteiger partial charge in [-0.2, -0.15) is 0 Å². The van der Waals surface area contributed by atoms with Crippen molar-refractivity contribution < 1.29 is 14.3 Å². The molecule has 0 radical (unpaired) electrons. The van der Waals surface area contributed by atoms with E-state index in [0.29, 0.717) is 10.7 Å². The van der Waals surface area contributed by atoms with Gasteiger partial charge in [0.05, 0.1) is 5.70 Å². The molecule has 0 aliphatic carbocycles. The fourth-order valence-electron chi connectivity index (χ4n) is 1.37. The van der Waals surface area contributed by atoms with Crippen LogP contribution in [0.3, 0.4) is 0 Å². The molecule has 0 bridgehead atoms. The number of cyclic esters (lactones) is 1. The fraction of sp³-hybridized carbons (Fsp3) is 0.182. The van der Waals surface area contributed by atoms with Gasteiger partial charge in [-0.15, -0.1) is 0 Å². The van der Waals surface area contributed by atoms with Gasteiger partial charge in [0.2, 0.25) is 6.29 Å². The highest BCUT2D eigenvalue weighted by atomic mass is 35.5. The molecular weight excluding hydrogens is 230 g/mol. The van der Waals surface area contributed by atoms with E-state index in [-0.39, 0.29) is 0 Å². The van der Waals surface area contributed by atoms with Crippen molar-refractivity contribution in [2.75, 3.05) is 12.4 Å². The third-order valence-corrected chi connectivity index (χ3v) is 2.35. The molecule has 1 heterocycles. The van der Waals surface area contributed by atoms with Gasteiger partial charge in [0.1, 0.15) is 0 Å². The smallest absolute Gasteiger partial charge is 0.335 e. The highest BCUT2D eigenvalue weighted by Gasteiger charge is 2.25. The van der Waals surface area contributed by atoms with E-state index in [1.807, 2.05) is 0 Å². The molecule has 1 aromatic rings. The number of ether oxygens (including phenoxy) is 2. The lowest BCUT2D eigenvalue weighted by Crippen LogP contribution is -2.18. The maximum Gasteiger partial charge on any atom is 0.335 e. The van der Waals surface area contributed by atoms with E-state index in [0.717, 1.165) is 5.69 Å². The number of benzene rings is 1. The van der Waals surface area contributed by atoms with Crippen molar-refractivity contribution in [2.24, 2.45) is 0 Å². The van der Waals surface area contributed by atoms with E-state index in [4.69, 9.17) is 21.1 Å². The van der Waals surface area contributed by atoms with E-state index in [2.05, 4.69) is 5.32 Å².